The monoisotopic (exact) mass is 1670 g/mol. The molecule has 0 rings (SSSR count). The number of nitrogens with one attached hydrogen (secondary N) is 4. The van der Waals surface area contributed by atoms with Crippen molar-refractivity contribution in [1.29, 1.82) is 0 Å². The van der Waals surface area contributed by atoms with Crippen LogP contribution in [0.25, 0.3) is 0 Å². The maximum absolute atomic E-state index is 13.3. The first-order valence-electron chi connectivity index (χ1n) is 43.9. The van der Waals surface area contributed by atoms with Crippen LogP contribution >= 0.6 is 15.6 Å². The average molecular weight is 1670 g/mol. The van der Waals surface area contributed by atoms with Crippen molar-refractivity contribution in [2.45, 2.75) is 406 Å². The second kappa shape index (κ2) is 83.4. The Labute approximate surface area is 731 Å². The number of carbonyl (C=O) groups is 8. The second-order valence-electron chi connectivity index (χ2n) is 30.0. The molecule has 0 aliphatic carbocycles. The van der Waals surface area contributed by atoms with Gasteiger partial charge in [-0.05, 0) is 89.9 Å². The fourth-order valence-electron chi connectivity index (χ4n) is 12.5. The number of ketones is 2. The van der Waals surface area contributed by atoms with Crippen LogP contribution in [0.1, 0.15) is 385 Å². The van der Waals surface area contributed by atoms with Gasteiger partial charge in [0.15, 0.2) is 0 Å². The van der Waals surface area contributed by atoms with E-state index in [1.165, 1.54) is 89.9 Å². The molecule has 0 aliphatic heterocycles. The number of ether oxygens (including phenoxy) is 4. The van der Waals surface area contributed by atoms with Crippen LogP contribution in [0.5, 0.6) is 0 Å². The van der Waals surface area contributed by atoms with Gasteiger partial charge in [0, 0.05) is 51.6 Å². The molecule has 4 amide bonds. The number of Topliss-reactive ketones (excluding diaryl/α,β-unsaturated/α-hetero) is 2. The molecule has 0 saturated carbocycles. The molecular weight excluding hydrogens is 1500 g/mol. The Morgan fingerprint density at radius 2 is 0.619 bits per heavy atom. The number of unbranched alkanes of at least 4 members (excludes halogenated alkanes) is 34. The fraction of sp³-hybridized carbons (Fsp3) is 0.859. The van der Waals surface area contributed by atoms with Crippen LogP contribution in [0.4, 0.5) is 0 Å². The van der Waals surface area contributed by atoms with Crippen molar-refractivity contribution in [1.82, 2.24) is 21.3 Å². The van der Waals surface area contributed by atoms with Crippen LogP contribution in [-0.4, -0.2) is 147 Å². The van der Waals surface area contributed by atoms with Crippen molar-refractivity contribution in [3.63, 3.8) is 0 Å². The standard InChI is InChI=1S/C85H158N4O20P2.2Na.2H/c1-7-13-19-25-29-33-37-43-47-53-76(90)67-82(94)88-74(70-102-63-59-78(55-49-41-23-17-11-5)108-84(96)57-51-45-39-35-31-27-21-15-9-3)72-106-110(98,99)104-65-61-86-80(92)69-81(93)87-62-66-105-111(100,101)107-73-75(89-83(95)68-77(91)54-48-44-38-34-30-26-20-14-8-2)71-103-64-60-79(56-50-42-24-18-12-6)109-85(97)58-52-46-40-36-32-28-22-16-10-4;;;;/h35-36,39-40,74-75,78-79H,7-34,37-38,41-73H2,1-6H3,(H,86,92)(H,87,93)(H,88,94)(H,89,95)(H,98,99)(H,100,101);;;;/q;2*+1;2*-1/b39-35-,40-36-;;;;/t74-,75+,78-,79-;;;;/m1..../s1. The van der Waals surface area contributed by atoms with Gasteiger partial charge in [0.2, 0.25) is 23.6 Å². The molecule has 24 nitrogen and oxygen atoms in total. The minimum atomic E-state index is -4.83. The van der Waals surface area contributed by atoms with Crippen LogP contribution in [0.15, 0.2) is 24.3 Å². The van der Waals surface area contributed by atoms with Gasteiger partial charge in [-0.1, -0.05) is 258 Å². The average Bonchev–Trinajstić information content (AvgIpc) is 0.908. The van der Waals surface area contributed by atoms with Crippen molar-refractivity contribution < 1.29 is 156 Å². The van der Waals surface area contributed by atoms with E-state index in [4.69, 9.17) is 37.0 Å². The first-order valence-corrected chi connectivity index (χ1v) is 46.9. The van der Waals surface area contributed by atoms with Crippen molar-refractivity contribution in [2.24, 2.45) is 0 Å². The second-order valence-corrected chi connectivity index (χ2v) is 32.9. The predicted octanol–water partition coefficient (Wildman–Crippen LogP) is 13.6. The molecule has 0 saturated heterocycles. The Bertz CT molecular complexity index is 2360. The summed E-state index contributed by atoms with van der Waals surface area (Å²) in [5.74, 6) is -3.82. The molecule has 0 radical (unpaired) electrons. The minimum Gasteiger partial charge on any atom is -1.00 e. The first-order chi connectivity index (χ1) is 53.7. The van der Waals surface area contributed by atoms with Crippen LogP contribution in [0.2, 0.25) is 0 Å². The number of esters is 2. The van der Waals surface area contributed by atoms with Crippen LogP contribution < -0.4 is 80.4 Å². The molecule has 0 heterocycles. The quantitative estimate of drug-likeness (QED) is 0.00823. The van der Waals surface area contributed by atoms with E-state index in [2.05, 4.69) is 87.1 Å². The summed E-state index contributed by atoms with van der Waals surface area (Å²) in [7, 11) is -9.66. The molecule has 652 valence electrons. The van der Waals surface area contributed by atoms with E-state index in [1.54, 1.807) is 0 Å². The minimum absolute atomic E-state index is 0. The van der Waals surface area contributed by atoms with E-state index < -0.39 is 109 Å². The molecule has 2 unspecified atom stereocenters. The third kappa shape index (κ3) is 80.6. The van der Waals surface area contributed by atoms with Crippen molar-refractivity contribution in [3.05, 3.63) is 24.3 Å². The van der Waals surface area contributed by atoms with Crippen LogP contribution in [0, 0.1) is 0 Å². The summed E-state index contributed by atoms with van der Waals surface area (Å²) >= 11 is 0. The molecule has 28 heteroatoms. The van der Waals surface area contributed by atoms with Crippen molar-refractivity contribution in [3.8, 4) is 0 Å². The van der Waals surface area contributed by atoms with Crippen molar-refractivity contribution >= 4 is 62.8 Å². The molecule has 0 aliphatic rings. The molecule has 0 bridgehead atoms. The molecule has 6 atom stereocenters. The van der Waals surface area contributed by atoms with Gasteiger partial charge in [0.25, 0.3) is 0 Å². The number of allylic oxidation sites excluding steroid dienone is 4. The van der Waals surface area contributed by atoms with E-state index in [-0.39, 0.29) is 138 Å². The summed E-state index contributed by atoms with van der Waals surface area (Å²) in [6.45, 7) is 10.1. The summed E-state index contributed by atoms with van der Waals surface area (Å²) in [4.78, 5) is 125. The molecule has 113 heavy (non-hydrogen) atoms. The summed E-state index contributed by atoms with van der Waals surface area (Å²) in [6, 6.07) is -2.00. The van der Waals surface area contributed by atoms with Gasteiger partial charge in [0.05, 0.1) is 77.8 Å². The molecule has 0 aromatic heterocycles. The zero-order valence-electron chi connectivity index (χ0n) is 74.3. The van der Waals surface area contributed by atoms with Gasteiger partial charge < -0.3 is 52.9 Å². The molecule has 0 spiro atoms. The first kappa shape index (κ1) is 115. The van der Waals surface area contributed by atoms with Crippen LogP contribution in [-0.2, 0) is 84.5 Å². The summed E-state index contributed by atoms with van der Waals surface area (Å²) in [5.41, 5.74) is 0. The largest absolute Gasteiger partial charge is 1.00 e. The number of hydrogen-bond donors (Lipinski definition) is 6. The van der Waals surface area contributed by atoms with Gasteiger partial charge in [0.1, 0.15) is 30.2 Å². The van der Waals surface area contributed by atoms with E-state index in [9.17, 15) is 57.3 Å². The Hall–Kier alpha value is -2.22. The smallest absolute Gasteiger partial charge is 1.00 e. The fourth-order valence-corrected chi connectivity index (χ4v) is 14.0. The third-order valence-corrected chi connectivity index (χ3v) is 21.0. The SMILES string of the molecule is CCCCCC/C=C\CCCC(=O)O[C@H](CCCCCCC)CCOC[C@H](COP(=O)(O)OCCNC(=O)CC(=O)NCCOP(=O)(O)OC[C@H](COCC[C@@H](CCCCCCC)OC(=O)CCC/C=C\CCCCCC)NC(=O)CC(=O)CCCCCCCCCCC)NC(=O)CC(=O)CCCCCCCCCCC.[H-].[H-].[Na+].[Na+]. The normalized spacial score (nSPS) is 13.6. The maximum atomic E-state index is 13.3. The predicted molar refractivity (Wildman–Crippen MR) is 444 cm³/mol. The van der Waals surface area contributed by atoms with Crippen molar-refractivity contribution in [2.75, 3.05) is 65.9 Å². The summed E-state index contributed by atoms with van der Waals surface area (Å²) in [5, 5.41) is 10.2. The Balaban J connectivity index is -0.0000101. The van der Waals surface area contributed by atoms with Crippen LogP contribution in [0.3, 0.4) is 0 Å². The van der Waals surface area contributed by atoms with E-state index in [1.807, 2.05) is 0 Å². The molecular formula is C85H160N4Na2O20P2. The zero-order valence-corrected chi connectivity index (χ0v) is 78.1. The number of amides is 4. The number of hydrogen-bond acceptors (Lipinski definition) is 18. The molecule has 0 fully saturated rings. The number of phosphoric acid groups is 2. The molecule has 0 aromatic rings. The third-order valence-electron chi connectivity index (χ3n) is 19.1. The van der Waals surface area contributed by atoms with E-state index >= 15 is 0 Å². The topological polar surface area (TPSA) is 333 Å². The molecule has 0 aromatic carbocycles. The number of carbonyl (C=O) groups excluding carboxylic acids is 8. The van der Waals surface area contributed by atoms with E-state index in [0.29, 0.717) is 64.2 Å². The Morgan fingerprint density at radius 3 is 0.947 bits per heavy atom. The Kier molecular flexibility index (Phi) is 84.9. The van der Waals surface area contributed by atoms with Gasteiger partial charge in [-0.25, -0.2) is 9.13 Å². The van der Waals surface area contributed by atoms with Gasteiger partial charge >= 0.3 is 86.7 Å². The van der Waals surface area contributed by atoms with Gasteiger partial charge in [-0.3, -0.25) is 56.5 Å². The summed E-state index contributed by atoms with van der Waals surface area (Å²) in [6.07, 6.45) is 53.7. The number of phosphoric ester groups is 2. The van der Waals surface area contributed by atoms with Gasteiger partial charge in [-0.15, -0.1) is 0 Å². The molecule has 6 N–H and O–H groups in total. The summed E-state index contributed by atoms with van der Waals surface area (Å²) < 4.78 is 71.0. The van der Waals surface area contributed by atoms with Gasteiger partial charge in [-0.2, -0.15) is 0 Å². The number of rotatable bonds is 84. The maximum Gasteiger partial charge on any atom is 1.00 e. The zero-order chi connectivity index (χ0) is 81.8. The Morgan fingerprint density at radius 1 is 0.327 bits per heavy atom. The van der Waals surface area contributed by atoms with E-state index in [0.717, 1.165) is 154 Å².